The molecule has 0 aliphatic heterocycles. The fraction of sp³-hybridized carbons (Fsp3) is 0.667. The van der Waals surface area contributed by atoms with E-state index in [2.05, 4.69) is 0 Å². The average molecular weight is 216 g/mol. The van der Waals surface area contributed by atoms with E-state index in [0.29, 0.717) is 6.61 Å². The van der Waals surface area contributed by atoms with Gasteiger partial charge in [0, 0.05) is 0 Å². The molecule has 0 aliphatic carbocycles. The molecular weight excluding hydrogens is 207 g/mol. The van der Waals surface area contributed by atoms with E-state index in [-0.39, 0.29) is 33.9 Å². The summed E-state index contributed by atoms with van der Waals surface area (Å²) in [7, 11) is 0. The summed E-state index contributed by atoms with van der Waals surface area (Å²) in [4.78, 5) is 10.2. The standard InChI is InChI=1S/C6H10O3S2.Na/c1-3-9-6(10)11-4(2)5(7)8;/h4H,3H2,1-2H3,(H,7,8);/q;+1/p-1/t4-;/m0./s1. The molecule has 0 unspecified atom stereocenters. The zero-order valence-corrected chi connectivity index (χ0v) is 11.0. The average Bonchev–Trinajstić information content (AvgIpc) is 1.87. The van der Waals surface area contributed by atoms with E-state index in [1.165, 1.54) is 6.92 Å². The molecule has 1 atom stereocenters. The Labute approximate surface area is 104 Å². The topological polar surface area (TPSA) is 49.4 Å². The van der Waals surface area contributed by atoms with Crippen LogP contribution in [-0.2, 0) is 9.53 Å². The number of aliphatic carboxylic acids is 1. The molecule has 3 nitrogen and oxygen atoms in total. The van der Waals surface area contributed by atoms with E-state index >= 15 is 0 Å². The Bertz CT molecular complexity index is 163. The van der Waals surface area contributed by atoms with Crippen LogP contribution in [0.2, 0.25) is 0 Å². The summed E-state index contributed by atoms with van der Waals surface area (Å²) in [5.74, 6) is -1.13. The molecule has 0 saturated heterocycles. The molecule has 0 N–H and O–H groups in total. The van der Waals surface area contributed by atoms with E-state index in [4.69, 9.17) is 17.0 Å². The fourth-order valence-corrected chi connectivity index (χ4v) is 1.47. The summed E-state index contributed by atoms with van der Waals surface area (Å²) < 4.78 is 5.12. The first-order chi connectivity index (χ1) is 5.07. The number of carboxylic acid groups (broad SMARTS) is 1. The van der Waals surface area contributed by atoms with Crippen molar-refractivity contribution in [3.8, 4) is 0 Å². The van der Waals surface area contributed by atoms with Gasteiger partial charge < -0.3 is 14.6 Å². The zero-order chi connectivity index (χ0) is 8.85. The van der Waals surface area contributed by atoms with Crippen LogP contribution in [0.25, 0.3) is 0 Å². The first-order valence-corrected chi connectivity index (χ1v) is 4.41. The van der Waals surface area contributed by atoms with Gasteiger partial charge in [0.25, 0.3) is 0 Å². The van der Waals surface area contributed by atoms with E-state index < -0.39 is 11.2 Å². The molecule has 12 heavy (non-hydrogen) atoms. The van der Waals surface area contributed by atoms with Crippen LogP contribution in [0.4, 0.5) is 0 Å². The maximum Gasteiger partial charge on any atom is 1.00 e. The quantitative estimate of drug-likeness (QED) is 0.376. The van der Waals surface area contributed by atoms with Crippen molar-refractivity contribution >= 4 is 34.3 Å². The van der Waals surface area contributed by atoms with Gasteiger partial charge in [0.1, 0.15) is 0 Å². The van der Waals surface area contributed by atoms with Gasteiger partial charge in [-0.25, -0.2) is 0 Å². The Morgan fingerprint density at radius 1 is 1.75 bits per heavy atom. The molecule has 0 heterocycles. The number of hydrogen-bond donors (Lipinski definition) is 0. The van der Waals surface area contributed by atoms with Crippen molar-refractivity contribution in [2.75, 3.05) is 6.61 Å². The Hall–Kier alpha value is 0.710. The molecule has 6 heteroatoms. The molecule has 0 radical (unpaired) electrons. The molecule has 0 saturated carbocycles. The number of carboxylic acids is 1. The molecule has 0 amide bonds. The van der Waals surface area contributed by atoms with Gasteiger partial charge in [-0.05, 0) is 26.1 Å². The number of carbonyl (C=O) groups is 1. The Kier molecular flexibility index (Phi) is 10.5. The normalized spacial score (nSPS) is 11.2. The predicted molar refractivity (Wildman–Crippen MR) is 46.3 cm³/mol. The number of ether oxygens (including phenoxy) is 1. The number of hydrogen-bond acceptors (Lipinski definition) is 5. The largest absolute Gasteiger partial charge is 1.00 e. The van der Waals surface area contributed by atoms with E-state index in [1.54, 1.807) is 6.92 Å². The van der Waals surface area contributed by atoms with Gasteiger partial charge in [-0.3, -0.25) is 0 Å². The van der Waals surface area contributed by atoms with Crippen molar-refractivity contribution < 1.29 is 44.2 Å². The molecule has 64 valence electrons. The minimum absolute atomic E-state index is 0. The van der Waals surface area contributed by atoms with Crippen molar-refractivity contribution in [1.29, 1.82) is 0 Å². The maximum absolute atomic E-state index is 10.2. The summed E-state index contributed by atoms with van der Waals surface area (Å²) in [6, 6.07) is 0. The monoisotopic (exact) mass is 216 g/mol. The Morgan fingerprint density at radius 2 is 2.25 bits per heavy atom. The molecule has 0 aromatic rings. The number of carbonyl (C=O) groups excluding carboxylic acids is 1. The fourth-order valence-electron chi connectivity index (χ4n) is 0.344. The molecule has 0 bridgehead atoms. The molecule has 0 aromatic heterocycles. The van der Waals surface area contributed by atoms with Crippen LogP contribution in [-0.4, -0.2) is 22.2 Å². The molecular formula is C6H9NaO3S2. The second-order valence-electron chi connectivity index (χ2n) is 1.76. The van der Waals surface area contributed by atoms with Gasteiger partial charge in [-0.1, -0.05) is 11.8 Å². The van der Waals surface area contributed by atoms with Crippen LogP contribution in [0.3, 0.4) is 0 Å². The van der Waals surface area contributed by atoms with Crippen LogP contribution in [0.1, 0.15) is 13.8 Å². The van der Waals surface area contributed by atoms with E-state index in [1.807, 2.05) is 0 Å². The molecule has 0 aliphatic rings. The van der Waals surface area contributed by atoms with Gasteiger partial charge >= 0.3 is 29.6 Å². The molecule has 0 rings (SSSR count). The number of rotatable bonds is 3. The van der Waals surface area contributed by atoms with Gasteiger partial charge in [0.05, 0.1) is 17.8 Å². The van der Waals surface area contributed by atoms with Crippen molar-refractivity contribution in [3.05, 3.63) is 0 Å². The van der Waals surface area contributed by atoms with Crippen LogP contribution in [0, 0.1) is 0 Å². The van der Waals surface area contributed by atoms with Gasteiger partial charge in [0.15, 0.2) is 0 Å². The van der Waals surface area contributed by atoms with Crippen molar-refractivity contribution in [2.24, 2.45) is 0 Å². The SMILES string of the molecule is CCOC(=S)S[C@@H](C)C(=O)[O-].[Na+]. The van der Waals surface area contributed by atoms with Crippen LogP contribution in [0.15, 0.2) is 0 Å². The molecule has 0 fully saturated rings. The number of thioether (sulfide) groups is 1. The third kappa shape index (κ3) is 7.36. The number of thiocarbonyl (C=S) groups is 1. The summed E-state index contributed by atoms with van der Waals surface area (Å²) in [5.41, 5.74) is 0. The zero-order valence-electron chi connectivity index (χ0n) is 7.33. The second-order valence-corrected chi connectivity index (χ2v) is 3.70. The first-order valence-electron chi connectivity index (χ1n) is 3.12. The predicted octanol–water partition coefficient (Wildman–Crippen LogP) is -2.82. The van der Waals surface area contributed by atoms with Crippen LogP contribution < -0.4 is 34.7 Å². The van der Waals surface area contributed by atoms with Crippen LogP contribution >= 0.6 is 24.0 Å². The molecule has 0 spiro atoms. The van der Waals surface area contributed by atoms with E-state index in [9.17, 15) is 9.90 Å². The van der Waals surface area contributed by atoms with Crippen molar-refractivity contribution in [2.45, 2.75) is 19.1 Å². The third-order valence-corrected chi connectivity index (χ3v) is 2.13. The third-order valence-electron chi connectivity index (χ3n) is 0.867. The second kappa shape index (κ2) is 8.31. The maximum atomic E-state index is 10.2. The summed E-state index contributed by atoms with van der Waals surface area (Å²) in [6.45, 7) is 3.76. The van der Waals surface area contributed by atoms with Gasteiger partial charge in [-0.15, -0.1) is 0 Å². The summed E-state index contributed by atoms with van der Waals surface area (Å²) in [5, 5.41) is 9.55. The summed E-state index contributed by atoms with van der Waals surface area (Å²) >= 11 is 5.68. The van der Waals surface area contributed by atoms with Crippen molar-refractivity contribution in [3.63, 3.8) is 0 Å². The van der Waals surface area contributed by atoms with E-state index in [0.717, 1.165) is 11.8 Å². The first kappa shape index (κ1) is 15.2. The Balaban J connectivity index is 0. The summed E-state index contributed by atoms with van der Waals surface area (Å²) in [6.07, 6.45) is 0. The molecule has 0 aromatic carbocycles. The minimum Gasteiger partial charge on any atom is -0.549 e. The van der Waals surface area contributed by atoms with Gasteiger partial charge in [0.2, 0.25) is 4.38 Å². The smallest absolute Gasteiger partial charge is 0.549 e. The van der Waals surface area contributed by atoms with Crippen molar-refractivity contribution in [1.82, 2.24) is 0 Å². The Morgan fingerprint density at radius 3 is 2.58 bits per heavy atom. The minimum atomic E-state index is -1.13. The van der Waals surface area contributed by atoms with Crippen LogP contribution in [0.5, 0.6) is 0 Å². The van der Waals surface area contributed by atoms with Gasteiger partial charge in [-0.2, -0.15) is 0 Å².